The van der Waals surface area contributed by atoms with Gasteiger partial charge in [0.25, 0.3) is 5.91 Å². The number of rotatable bonds is 4. The number of aryl methyl sites for hydroxylation is 1. The Balaban J connectivity index is 2.20. The van der Waals surface area contributed by atoms with Crippen molar-refractivity contribution in [3.05, 3.63) is 48.0 Å². The van der Waals surface area contributed by atoms with Gasteiger partial charge < -0.3 is 15.6 Å². The van der Waals surface area contributed by atoms with Gasteiger partial charge in [0.15, 0.2) is 0 Å². The van der Waals surface area contributed by atoms with Gasteiger partial charge in [-0.15, -0.1) is 0 Å². The molecule has 0 aliphatic heterocycles. The number of carbonyl (C=O) groups excluding carboxylic acids is 1. The lowest BCUT2D eigenvalue weighted by Crippen LogP contribution is -2.16. The van der Waals surface area contributed by atoms with Gasteiger partial charge in [0.1, 0.15) is 11.5 Å². The largest absolute Gasteiger partial charge is 0.397 e. The minimum atomic E-state index is -0.388. The Bertz CT molecular complexity index is 592. The van der Waals surface area contributed by atoms with E-state index in [9.17, 15) is 9.18 Å². The Labute approximate surface area is 111 Å². The molecule has 2 aromatic rings. The molecule has 4 nitrogen and oxygen atoms in total. The Morgan fingerprint density at radius 2 is 2.21 bits per heavy atom. The van der Waals surface area contributed by atoms with Crippen LogP contribution in [0.5, 0.6) is 0 Å². The summed E-state index contributed by atoms with van der Waals surface area (Å²) in [6, 6.07) is 7.40. The van der Waals surface area contributed by atoms with Crippen LogP contribution in [-0.2, 0) is 6.54 Å². The van der Waals surface area contributed by atoms with Crippen LogP contribution in [0.15, 0.2) is 36.5 Å². The van der Waals surface area contributed by atoms with E-state index >= 15 is 0 Å². The number of benzene rings is 1. The van der Waals surface area contributed by atoms with Crippen molar-refractivity contribution in [1.82, 2.24) is 4.57 Å². The molecule has 0 atom stereocenters. The number of hydrogen-bond donors (Lipinski definition) is 2. The van der Waals surface area contributed by atoms with Crippen molar-refractivity contribution >= 4 is 17.3 Å². The van der Waals surface area contributed by atoms with E-state index in [0.717, 1.165) is 6.42 Å². The van der Waals surface area contributed by atoms with Crippen molar-refractivity contribution in [2.75, 3.05) is 11.1 Å². The highest BCUT2D eigenvalue weighted by Gasteiger charge is 2.12. The van der Waals surface area contributed by atoms with Gasteiger partial charge >= 0.3 is 0 Å². The summed E-state index contributed by atoms with van der Waals surface area (Å²) in [6.07, 6.45) is 2.62. The zero-order chi connectivity index (χ0) is 13.8. The monoisotopic (exact) mass is 261 g/mol. The average Bonchev–Trinajstić information content (AvgIpc) is 2.71. The lowest BCUT2D eigenvalue weighted by atomic mass is 10.3. The number of carbonyl (C=O) groups is 1. The predicted octanol–water partition coefficient (Wildman–Crippen LogP) is 2.87. The lowest BCUT2D eigenvalue weighted by molar-refractivity contribution is 0.101. The van der Waals surface area contributed by atoms with Gasteiger partial charge in [0, 0.05) is 18.4 Å². The summed E-state index contributed by atoms with van der Waals surface area (Å²) in [7, 11) is 0. The normalized spacial score (nSPS) is 10.4. The Morgan fingerprint density at radius 3 is 2.89 bits per heavy atom. The van der Waals surface area contributed by atoms with E-state index in [2.05, 4.69) is 5.32 Å². The van der Waals surface area contributed by atoms with Crippen molar-refractivity contribution in [3.63, 3.8) is 0 Å². The Morgan fingerprint density at radius 1 is 1.42 bits per heavy atom. The number of halogens is 1. The van der Waals surface area contributed by atoms with Crippen LogP contribution in [0, 0.1) is 5.82 Å². The van der Waals surface area contributed by atoms with Crippen molar-refractivity contribution in [1.29, 1.82) is 0 Å². The van der Waals surface area contributed by atoms with Crippen molar-refractivity contribution in [2.24, 2.45) is 0 Å². The van der Waals surface area contributed by atoms with Crippen LogP contribution in [-0.4, -0.2) is 10.5 Å². The molecule has 1 heterocycles. The molecule has 0 bridgehead atoms. The third-order valence-electron chi connectivity index (χ3n) is 2.70. The van der Waals surface area contributed by atoms with Crippen LogP contribution in [0.3, 0.4) is 0 Å². The molecule has 0 aliphatic rings. The van der Waals surface area contributed by atoms with Crippen LogP contribution >= 0.6 is 0 Å². The van der Waals surface area contributed by atoms with E-state index in [1.165, 1.54) is 12.1 Å². The maximum atomic E-state index is 13.0. The van der Waals surface area contributed by atoms with Crippen molar-refractivity contribution in [3.8, 4) is 0 Å². The second-order valence-electron chi connectivity index (χ2n) is 4.32. The molecular weight excluding hydrogens is 245 g/mol. The maximum Gasteiger partial charge on any atom is 0.272 e. The van der Waals surface area contributed by atoms with Crippen LogP contribution in [0.25, 0.3) is 0 Å². The summed E-state index contributed by atoms with van der Waals surface area (Å²) in [6.45, 7) is 2.73. The van der Waals surface area contributed by atoms with E-state index in [1.807, 2.05) is 6.92 Å². The first-order valence-electron chi connectivity index (χ1n) is 6.12. The molecule has 1 aromatic heterocycles. The Kier molecular flexibility index (Phi) is 3.85. The second-order valence-corrected chi connectivity index (χ2v) is 4.32. The number of amides is 1. The van der Waals surface area contributed by atoms with Gasteiger partial charge in [-0.1, -0.05) is 13.0 Å². The lowest BCUT2D eigenvalue weighted by Gasteiger charge is -2.08. The summed E-state index contributed by atoms with van der Waals surface area (Å²) < 4.78 is 14.8. The molecule has 100 valence electrons. The van der Waals surface area contributed by atoms with E-state index in [0.29, 0.717) is 23.6 Å². The van der Waals surface area contributed by atoms with Gasteiger partial charge in [-0.2, -0.15) is 0 Å². The number of nitrogens with one attached hydrogen (secondary N) is 1. The average molecular weight is 261 g/mol. The smallest absolute Gasteiger partial charge is 0.272 e. The first-order chi connectivity index (χ1) is 9.10. The topological polar surface area (TPSA) is 60.0 Å². The standard InChI is InChI=1S/C14H16FN3O/c1-2-6-18-9-11(16)8-13(18)14(19)17-12-5-3-4-10(15)7-12/h3-5,7-9H,2,6,16H2,1H3,(H,17,19). The molecule has 0 aliphatic carbocycles. The fourth-order valence-electron chi connectivity index (χ4n) is 1.91. The number of nitrogens with two attached hydrogens (primary N) is 1. The molecule has 1 aromatic carbocycles. The van der Waals surface area contributed by atoms with Crippen LogP contribution < -0.4 is 11.1 Å². The van der Waals surface area contributed by atoms with Gasteiger partial charge in [-0.25, -0.2) is 4.39 Å². The number of hydrogen-bond acceptors (Lipinski definition) is 2. The fraction of sp³-hybridized carbons (Fsp3) is 0.214. The first kappa shape index (κ1) is 13.1. The molecule has 3 N–H and O–H groups in total. The van der Waals surface area contributed by atoms with Gasteiger partial charge in [-0.05, 0) is 30.7 Å². The maximum absolute atomic E-state index is 13.0. The Hall–Kier alpha value is -2.30. The predicted molar refractivity (Wildman–Crippen MR) is 73.5 cm³/mol. The summed E-state index contributed by atoms with van der Waals surface area (Å²) in [5.74, 6) is -0.683. The minimum absolute atomic E-state index is 0.296. The third-order valence-corrected chi connectivity index (χ3v) is 2.70. The summed E-state index contributed by atoms with van der Waals surface area (Å²) >= 11 is 0. The SMILES string of the molecule is CCCn1cc(N)cc1C(=O)Nc1cccc(F)c1. The molecule has 0 radical (unpaired) electrons. The van der Waals surface area contributed by atoms with Crippen molar-refractivity contribution < 1.29 is 9.18 Å². The number of nitrogen functional groups attached to an aromatic ring is 1. The highest BCUT2D eigenvalue weighted by molar-refractivity contribution is 6.03. The highest BCUT2D eigenvalue weighted by Crippen LogP contribution is 2.15. The number of nitrogens with zero attached hydrogens (tertiary/aromatic N) is 1. The zero-order valence-electron chi connectivity index (χ0n) is 10.7. The van der Waals surface area contributed by atoms with Gasteiger partial charge in [0.05, 0.1) is 5.69 Å². The zero-order valence-corrected chi connectivity index (χ0v) is 10.7. The minimum Gasteiger partial charge on any atom is -0.397 e. The third kappa shape index (κ3) is 3.13. The van der Waals surface area contributed by atoms with E-state index in [1.54, 1.807) is 29.0 Å². The summed E-state index contributed by atoms with van der Waals surface area (Å²) in [5.41, 5.74) is 7.14. The quantitative estimate of drug-likeness (QED) is 0.889. The molecule has 0 saturated carbocycles. The van der Waals surface area contributed by atoms with E-state index in [-0.39, 0.29) is 11.7 Å². The molecule has 0 fully saturated rings. The van der Waals surface area contributed by atoms with Crippen LogP contribution in [0.4, 0.5) is 15.8 Å². The molecule has 1 amide bonds. The first-order valence-corrected chi connectivity index (χ1v) is 6.12. The van der Waals surface area contributed by atoms with E-state index in [4.69, 9.17) is 5.73 Å². The number of anilines is 2. The fourth-order valence-corrected chi connectivity index (χ4v) is 1.91. The second kappa shape index (κ2) is 5.56. The molecule has 0 unspecified atom stereocenters. The number of aromatic nitrogens is 1. The van der Waals surface area contributed by atoms with E-state index < -0.39 is 0 Å². The van der Waals surface area contributed by atoms with Gasteiger partial charge in [-0.3, -0.25) is 4.79 Å². The molecular formula is C14H16FN3O. The van der Waals surface area contributed by atoms with Crippen LogP contribution in [0.2, 0.25) is 0 Å². The highest BCUT2D eigenvalue weighted by atomic mass is 19.1. The molecule has 19 heavy (non-hydrogen) atoms. The molecule has 5 heteroatoms. The molecule has 0 spiro atoms. The van der Waals surface area contributed by atoms with Crippen molar-refractivity contribution in [2.45, 2.75) is 19.9 Å². The molecule has 2 rings (SSSR count). The van der Waals surface area contributed by atoms with Crippen LogP contribution in [0.1, 0.15) is 23.8 Å². The summed E-state index contributed by atoms with van der Waals surface area (Å²) in [4.78, 5) is 12.1. The summed E-state index contributed by atoms with van der Waals surface area (Å²) in [5, 5.41) is 2.66. The van der Waals surface area contributed by atoms with Gasteiger partial charge in [0.2, 0.25) is 0 Å². The molecule has 0 saturated heterocycles.